The maximum absolute atomic E-state index is 12.9. The van der Waals surface area contributed by atoms with Gasteiger partial charge in [-0.05, 0) is 44.2 Å². The fourth-order valence-electron chi connectivity index (χ4n) is 4.00. The highest BCUT2D eigenvalue weighted by Gasteiger charge is 2.44. The van der Waals surface area contributed by atoms with Crippen molar-refractivity contribution in [3.8, 4) is 0 Å². The number of amides is 1. The smallest absolute Gasteiger partial charge is 0.333 e. The van der Waals surface area contributed by atoms with E-state index in [1.165, 1.54) is 12.8 Å². The zero-order chi connectivity index (χ0) is 16.9. The summed E-state index contributed by atoms with van der Waals surface area (Å²) in [4.78, 5) is 14.6. The fraction of sp³-hybridized carbons (Fsp3) is 0.800. The monoisotopic (exact) mass is 343 g/mol. The number of nitrogens with one attached hydrogen (secondary N) is 1. The topological polar surface area (TPSA) is 63.1 Å². The Morgan fingerprint density at radius 1 is 1.17 bits per heavy atom. The van der Waals surface area contributed by atoms with Crippen LogP contribution in [-0.4, -0.2) is 45.2 Å². The van der Waals surface area contributed by atoms with E-state index in [0.29, 0.717) is 11.8 Å². The van der Waals surface area contributed by atoms with Gasteiger partial charge in [-0.2, -0.15) is 13.2 Å². The molecule has 9 heteroatoms. The van der Waals surface area contributed by atoms with Crippen molar-refractivity contribution in [1.82, 2.24) is 25.0 Å². The minimum atomic E-state index is -4.51. The van der Waals surface area contributed by atoms with Gasteiger partial charge in [0.1, 0.15) is 0 Å². The van der Waals surface area contributed by atoms with E-state index in [1.807, 2.05) is 0 Å². The zero-order valence-corrected chi connectivity index (χ0v) is 13.2. The fourth-order valence-corrected chi connectivity index (χ4v) is 4.00. The molecular weight excluding hydrogens is 323 g/mol. The van der Waals surface area contributed by atoms with Crippen LogP contribution in [0, 0.1) is 17.8 Å². The van der Waals surface area contributed by atoms with Crippen molar-refractivity contribution in [1.29, 1.82) is 0 Å². The van der Waals surface area contributed by atoms with Gasteiger partial charge >= 0.3 is 6.18 Å². The van der Waals surface area contributed by atoms with E-state index < -0.39 is 12.0 Å². The first-order valence-electron chi connectivity index (χ1n) is 8.44. The molecule has 0 spiro atoms. The number of alkyl halides is 3. The third-order valence-electron chi connectivity index (χ3n) is 5.39. The average Bonchev–Trinajstić information content (AvgIpc) is 3.31. The molecule has 132 valence electrons. The highest BCUT2D eigenvalue weighted by atomic mass is 19.4. The summed E-state index contributed by atoms with van der Waals surface area (Å²) in [6.07, 6.45) is -1.35. The van der Waals surface area contributed by atoms with Gasteiger partial charge in [-0.25, -0.2) is 0 Å². The highest BCUT2D eigenvalue weighted by molar-refractivity contribution is 5.79. The molecule has 1 N–H and O–H groups in total. The Morgan fingerprint density at radius 3 is 2.67 bits per heavy atom. The first-order valence-corrected chi connectivity index (χ1v) is 8.44. The normalized spacial score (nSPS) is 27.9. The van der Waals surface area contributed by atoms with Gasteiger partial charge in [0.05, 0.1) is 6.54 Å². The molecule has 2 aliphatic heterocycles. The standard InChI is InChI=1S/C15H20F3N5O/c16-15(17,18)14-21-20-12-8-22(5-6-23(12)14)13(24)10-3-4-19-7-11(10)9-1-2-9/h9-11,19H,1-8H2/t10-,11?/m1/s1. The molecule has 0 bridgehead atoms. The van der Waals surface area contributed by atoms with Gasteiger partial charge in [0.15, 0.2) is 5.82 Å². The first kappa shape index (κ1) is 15.9. The van der Waals surface area contributed by atoms with Crippen molar-refractivity contribution in [2.24, 2.45) is 17.8 Å². The number of fused-ring (bicyclic) bond motifs is 1. The number of carbonyl (C=O) groups is 1. The number of nitrogens with zero attached hydrogens (tertiary/aromatic N) is 4. The molecule has 1 unspecified atom stereocenters. The molecule has 6 nitrogen and oxygen atoms in total. The average molecular weight is 343 g/mol. The summed E-state index contributed by atoms with van der Waals surface area (Å²) in [6.45, 7) is 2.19. The van der Waals surface area contributed by atoms with E-state index in [2.05, 4.69) is 15.5 Å². The van der Waals surface area contributed by atoms with Crippen LogP contribution in [0.15, 0.2) is 0 Å². The van der Waals surface area contributed by atoms with Crippen LogP contribution in [0.5, 0.6) is 0 Å². The summed E-state index contributed by atoms with van der Waals surface area (Å²) in [5.74, 6) is 0.279. The maximum Gasteiger partial charge on any atom is 0.451 e. The molecule has 4 rings (SSSR count). The second-order valence-corrected chi connectivity index (χ2v) is 6.95. The summed E-state index contributed by atoms with van der Waals surface area (Å²) in [5, 5.41) is 10.3. The molecule has 1 aliphatic carbocycles. The predicted octanol–water partition coefficient (Wildman–Crippen LogP) is 1.27. The number of hydrogen-bond donors (Lipinski definition) is 1. The molecule has 0 aromatic carbocycles. The molecule has 2 fully saturated rings. The zero-order valence-electron chi connectivity index (χ0n) is 13.2. The molecule has 3 aliphatic rings. The summed E-state index contributed by atoms with van der Waals surface area (Å²) in [7, 11) is 0. The Bertz CT molecular complexity index is 640. The van der Waals surface area contributed by atoms with Gasteiger partial charge in [-0.3, -0.25) is 4.79 Å². The largest absolute Gasteiger partial charge is 0.451 e. The van der Waals surface area contributed by atoms with Crippen LogP contribution < -0.4 is 5.32 Å². The lowest BCUT2D eigenvalue weighted by Gasteiger charge is -2.36. The number of halogens is 3. The van der Waals surface area contributed by atoms with Gasteiger partial charge in [0.25, 0.3) is 0 Å². The summed E-state index contributed by atoms with van der Waals surface area (Å²) >= 11 is 0. The van der Waals surface area contributed by atoms with E-state index in [4.69, 9.17) is 0 Å². The van der Waals surface area contributed by atoms with Crippen LogP contribution in [0.4, 0.5) is 13.2 Å². The van der Waals surface area contributed by atoms with Gasteiger partial charge in [0.2, 0.25) is 11.7 Å². The Hall–Kier alpha value is -1.64. The van der Waals surface area contributed by atoms with Gasteiger partial charge in [-0.15, -0.1) is 10.2 Å². The van der Waals surface area contributed by atoms with Crippen molar-refractivity contribution >= 4 is 5.91 Å². The Kier molecular flexibility index (Phi) is 3.78. The third-order valence-corrected chi connectivity index (χ3v) is 5.39. The molecule has 1 saturated carbocycles. The van der Waals surface area contributed by atoms with E-state index in [9.17, 15) is 18.0 Å². The van der Waals surface area contributed by atoms with Crippen LogP contribution in [0.3, 0.4) is 0 Å². The van der Waals surface area contributed by atoms with E-state index in [1.54, 1.807) is 4.90 Å². The molecule has 0 radical (unpaired) electrons. The summed E-state index contributed by atoms with van der Waals surface area (Å²) in [5.41, 5.74) is 0. The number of aromatic nitrogens is 3. The van der Waals surface area contributed by atoms with Crippen molar-refractivity contribution in [3.63, 3.8) is 0 Å². The van der Waals surface area contributed by atoms with E-state index >= 15 is 0 Å². The van der Waals surface area contributed by atoms with E-state index in [0.717, 1.165) is 24.1 Å². The minimum Gasteiger partial charge on any atom is -0.333 e. The molecular formula is C15H20F3N5O. The Morgan fingerprint density at radius 2 is 1.96 bits per heavy atom. The summed E-state index contributed by atoms with van der Waals surface area (Å²) < 4.78 is 39.8. The lowest BCUT2D eigenvalue weighted by molar-refractivity contribution is -0.148. The molecule has 1 saturated heterocycles. The second kappa shape index (κ2) is 5.72. The first-order chi connectivity index (χ1) is 11.4. The maximum atomic E-state index is 12.9. The molecule has 1 amide bonds. The molecule has 2 atom stereocenters. The van der Waals surface area contributed by atoms with E-state index in [-0.39, 0.29) is 37.3 Å². The molecule has 3 heterocycles. The second-order valence-electron chi connectivity index (χ2n) is 6.95. The lowest BCUT2D eigenvalue weighted by atomic mass is 9.82. The predicted molar refractivity (Wildman–Crippen MR) is 77.6 cm³/mol. The molecule has 1 aromatic heterocycles. The van der Waals surface area contributed by atoms with Crippen LogP contribution in [0.1, 0.15) is 30.9 Å². The van der Waals surface area contributed by atoms with Gasteiger partial charge < -0.3 is 14.8 Å². The number of carbonyl (C=O) groups excluding carboxylic acids is 1. The highest BCUT2D eigenvalue weighted by Crippen LogP contribution is 2.43. The van der Waals surface area contributed by atoms with Crippen LogP contribution in [0.2, 0.25) is 0 Å². The van der Waals surface area contributed by atoms with Crippen molar-refractivity contribution in [2.45, 2.75) is 38.5 Å². The Balaban J connectivity index is 1.50. The Labute approximate surface area is 137 Å². The number of hydrogen-bond acceptors (Lipinski definition) is 4. The van der Waals surface area contributed by atoms with Crippen LogP contribution in [-0.2, 0) is 24.1 Å². The number of piperidine rings is 1. The molecule has 1 aromatic rings. The SMILES string of the molecule is O=C([C@@H]1CCNCC1C1CC1)N1CCn2c(nnc2C(F)(F)F)C1. The lowest BCUT2D eigenvalue weighted by Crippen LogP contribution is -2.49. The number of rotatable bonds is 2. The van der Waals surface area contributed by atoms with Crippen LogP contribution >= 0.6 is 0 Å². The van der Waals surface area contributed by atoms with Gasteiger partial charge in [-0.1, -0.05) is 0 Å². The summed E-state index contributed by atoms with van der Waals surface area (Å²) in [6, 6.07) is 0. The van der Waals surface area contributed by atoms with Crippen molar-refractivity contribution in [2.75, 3.05) is 19.6 Å². The molecule has 24 heavy (non-hydrogen) atoms. The van der Waals surface area contributed by atoms with Gasteiger partial charge in [0, 0.05) is 19.0 Å². The quantitative estimate of drug-likeness (QED) is 0.879. The van der Waals surface area contributed by atoms with Crippen molar-refractivity contribution < 1.29 is 18.0 Å². The third kappa shape index (κ3) is 2.78. The minimum absolute atomic E-state index is 0.0182. The van der Waals surface area contributed by atoms with Crippen molar-refractivity contribution in [3.05, 3.63) is 11.6 Å². The van der Waals surface area contributed by atoms with Crippen LogP contribution in [0.25, 0.3) is 0 Å².